The summed E-state index contributed by atoms with van der Waals surface area (Å²) in [5.74, 6) is 1.83. The lowest BCUT2D eigenvalue weighted by Gasteiger charge is -2.44. The number of aliphatic hydroxyl groups excluding tert-OH is 1. The number of ether oxygens (including phenoxy) is 3. The van der Waals surface area contributed by atoms with Crippen molar-refractivity contribution in [1.29, 1.82) is 0 Å². The number of fused-ring (bicyclic) bond motifs is 2. The first-order chi connectivity index (χ1) is 49.9. The molecule has 3 fully saturated rings. The third-order valence-electron chi connectivity index (χ3n) is 19.8. The topological polar surface area (TPSA) is 327 Å². The number of piperazine rings is 2. The third-order valence-corrected chi connectivity index (χ3v) is 21.7. The number of carbonyl (C=O) groups excluding carboxylic acids is 3. The monoisotopic (exact) mass is 1480 g/mol. The predicted molar refractivity (Wildman–Crippen MR) is 406 cm³/mol. The van der Waals surface area contributed by atoms with Gasteiger partial charge < -0.3 is 44.7 Å². The lowest BCUT2D eigenvalue weighted by Crippen LogP contribution is -2.47. The molecule has 3 aliphatic heterocycles. The molecule has 0 saturated carbocycles. The zero-order valence-corrected chi connectivity index (χ0v) is 64.0. The van der Waals surface area contributed by atoms with Crippen molar-refractivity contribution in [2.24, 2.45) is 36.1 Å². The van der Waals surface area contributed by atoms with Gasteiger partial charge in [0.05, 0.1) is 52.6 Å². The first kappa shape index (κ1) is 80.5. The van der Waals surface area contributed by atoms with E-state index in [0.717, 1.165) is 93.0 Å². The van der Waals surface area contributed by atoms with Gasteiger partial charge in [-0.05, 0) is 169 Å². The van der Waals surface area contributed by atoms with Crippen LogP contribution in [0.3, 0.4) is 0 Å². The summed E-state index contributed by atoms with van der Waals surface area (Å²) in [5.41, 5.74) is 8.61. The highest BCUT2D eigenvalue weighted by Crippen LogP contribution is 2.46. The fourth-order valence-corrected chi connectivity index (χ4v) is 14.9. The van der Waals surface area contributed by atoms with E-state index in [9.17, 15) is 41.1 Å². The van der Waals surface area contributed by atoms with Crippen LogP contribution in [0.5, 0.6) is 5.75 Å². The van der Waals surface area contributed by atoms with Crippen molar-refractivity contribution in [2.45, 2.75) is 137 Å². The van der Waals surface area contributed by atoms with Gasteiger partial charge in [-0.15, -0.1) is 0 Å². The minimum atomic E-state index is -3.70. The number of sulfonamides is 1. The molecule has 0 bridgehead atoms. The van der Waals surface area contributed by atoms with Crippen LogP contribution in [0.25, 0.3) is 33.7 Å². The van der Waals surface area contributed by atoms with Crippen molar-refractivity contribution in [3.63, 3.8) is 0 Å². The number of aryl methyl sites for hydroxylation is 3. The first-order valence-electron chi connectivity index (χ1n) is 36.1. The molecule has 566 valence electrons. The van der Waals surface area contributed by atoms with Gasteiger partial charge in [-0.1, -0.05) is 70.5 Å². The SMILES string of the molecule is CCC(C)(C)C(=O)O[C@H]1C[C@@H](C)C=C2C=C[C@H](C)[C@H](CC[C@@H]3C[C@@H](O)CC(=O)O3)[C@H]21.CCCc1nn(C)c2c(=O)[nH]c(-c3cc(S(=O)(=O)N4CCN(C)CC4)ccc3OCC)nc12.CS(=O)(=O)O.Cc1ccc(NC(=O)c2ccc(CN3CCN(C)CC3)cc2)cc1Nc1nccc(-c2cccnc2)n1. The Morgan fingerprint density at radius 1 is 0.848 bits per heavy atom. The zero-order chi connectivity index (χ0) is 75.9. The smallest absolute Gasteiger partial charge is 0.311 e. The Hall–Kier alpha value is -8.61. The molecule has 0 radical (unpaired) electrons. The van der Waals surface area contributed by atoms with Crippen LogP contribution in [0.15, 0.2) is 131 Å². The highest BCUT2D eigenvalue weighted by atomic mass is 32.2. The summed E-state index contributed by atoms with van der Waals surface area (Å²) < 4.78 is 72.9. The summed E-state index contributed by atoms with van der Waals surface area (Å²) in [7, 11) is -1.52. The van der Waals surface area contributed by atoms with Crippen LogP contribution in [0, 0.1) is 36.0 Å². The van der Waals surface area contributed by atoms with E-state index in [0.29, 0.717) is 109 Å². The van der Waals surface area contributed by atoms with Crippen LogP contribution in [-0.4, -0.2) is 196 Å². The summed E-state index contributed by atoms with van der Waals surface area (Å²) >= 11 is 0. The number of carbonyl (C=O) groups is 3. The van der Waals surface area contributed by atoms with Crippen molar-refractivity contribution in [1.82, 2.24) is 53.7 Å². The molecule has 5 aliphatic rings. The Bertz CT molecular complexity index is 4490. The predicted octanol–water partition coefficient (Wildman–Crippen LogP) is 10.3. The Morgan fingerprint density at radius 2 is 1.55 bits per heavy atom. The number of cyclic esters (lactones) is 1. The van der Waals surface area contributed by atoms with E-state index in [1.807, 2.05) is 109 Å². The fourth-order valence-electron chi connectivity index (χ4n) is 13.5. The van der Waals surface area contributed by atoms with Crippen LogP contribution < -0.4 is 20.9 Å². The summed E-state index contributed by atoms with van der Waals surface area (Å²) in [4.78, 5) is 78.1. The average molecular weight is 1480 g/mol. The molecule has 1 amide bonds. The van der Waals surface area contributed by atoms with Crippen LogP contribution in [0.4, 0.5) is 17.3 Å². The number of nitrogens with zero attached hydrogens (tertiary/aromatic N) is 10. The molecule has 4 aromatic heterocycles. The highest BCUT2D eigenvalue weighted by molar-refractivity contribution is 7.89. The van der Waals surface area contributed by atoms with Gasteiger partial charge in [0.15, 0.2) is 5.52 Å². The normalized spacial score (nSPS) is 21.0. The van der Waals surface area contributed by atoms with E-state index in [4.69, 9.17) is 23.7 Å². The molecule has 0 unspecified atom stereocenters. The van der Waals surface area contributed by atoms with Gasteiger partial charge in [0.1, 0.15) is 29.3 Å². The van der Waals surface area contributed by atoms with E-state index < -0.39 is 31.7 Å². The molecule has 5 N–H and O–H groups in total. The maximum atomic E-state index is 13.3. The molecule has 7 heterocycles. The number of hydrogen-bond donors (Lipinski definition) is 5. The number of benzene rings is 3. The van der Waals surface area contributed by atoms with Crippen molar-refractivity contribution in [3.05, 3.63) is 154 Å². The van der Waals surface area contributed by atoms with Gasteiger partial charge in [-0.2, -0.15) is 17.8 Å². The van der Waals surface area contributed by atoms with E-state index in [2.05, 4.69) is 89.5 Å². The van der Waals surface area contributed by atoms with E-state index in [-0.39, 0.29) is 58.7 Å². The molecule has 28 heteroatoms. The van der Waals surface area contributed by atoms with Gasteiger partial charge in [-0.3, -0.25) is 38.3 Å². The van der Waals surface area contributed by atoms with Crippen molar-refractivity contribution in [3.8, 4) is 28.4 Å². The van der Waals surface area contributed by atoms with E-state index in [1.165, 1.54) is 20.1 Å². The second-order valence-electron chi connectivity index (χ2n) is 28.6. The minimum absolute atomic E-state index is 0.0949. The number of nitrogens with one attached hydrogen (secondary N) is 3. The quantitative estimate of drug-likeness (QED) is 0.0350. The van der Waals surface area contributed by atoms with Crippen LogP contribution >= 0.6 is 0 Å². The molecular weight excluding hydrogens is 1380 g/mol. The molecule has 7 aromatic rings. The number of pyridine rings is 1. The second-order valence-corrected chi connectivity index (χ2v) is 32.0. The van der Waals surface area contributed by atoms with Gasteiger partial charge >= 0.3 is 11.9 Å². The Morgan fingerprint density at radius 3 is 2.21 bits per heavy atom. The molecule has 0 spiro atoms. The Balaban J connectivity index is 0.000000177. The summed E-state index contributed by atoms with van der Waals surface area (Å²) in [6, 6.07) is 24.0. The first-order valence-corrected chi connectivity index (χ1v) is 39.4. The lowest BCUT2D eigenvalue weighted by atomic mass is 9.65. The number of rotatable bonds is 20. The van der Waals surface area contributed by atoms with E-state index in [1.54, 1.807) is 43.8 Å². The standard InChI is InChI=1S/C29H31N7O.C25H38O5.C22H30N6O4S.CH4O3S/c1-21-5-10-25(18-27(21)34-29-31-13-11-26(33-29)24-4-3-12-30-19-24)32-28(37)23-8-6-22(7-9-23)20-36-16-14-35(2)15-17-36;1-6-25(4,5)24(28)30-21-12-15(2)11-17-8-7-16(3)20(23(17)21)10-9-19-13-18(26)14-22(27)29-19;1-5-7-17-19-20(27(4)25-17)22(29)24-21(23-19)16-14-15(8-9-18(16)32-6-2)33(30,31)28-12-10-26(3)11-13-28;1-5(2,3)4/h3-13,18-19H,14-17,20H2,1-2H3,(H,32,37)(H,31,33,34);7-8,11,15-16,18-21,23,26H,6,9-10,12-14H2,1-5H3;8-9,14H,5-7,10-13H2,1-4H3,(H,23,24,29);1H3,(H,2,3,4)/t;15-,16-,18+,19+,20-,21-,23-;;/m.0../s1. The molecule has 3 aromatic carbocycles. The number of esters is 2. The van der Waals surface area contributed by atoms with Crippen LogP contribution in [0.1, 0.15) is 121 Å². The van der Waals surface area contributed by atoms with Gasteiger partial charge in [0.25, 0.3) is 21.6 Å². The van der Waals surface area contributed by atoms with Crippen molar-refractivity contribution in [2.75, 3.05) is 89.9 Å². The van der Waals surface area contributed by atoms with Crippen molar-refractivity contribution < 1.29 is 55.1 Å². The van der Waals surface area contributed by atoms with Gasteiger partial charge in [0, 0.05) is 119 Å². The zero-order valence-electron chi connectivity index (χ0n) is 62.4. The lowest BCUT2D eigenvalue weighted by molar-refractivity contribution is -0.166. The average Bonchev–Trinajstić information content (AvgIpc) is 1.73. The second kappa shape index (κ2) is 36.1. The molecular formula is C77H103N13O13S2. The molecule has 7 atom stereocenters. The number of aliphatic hydroxyl groups is 1. The number of likely N-dealkylation sites (N-methyl/N-ethyl adjacent to an activating group) is 2. The number of hydrogen-bond acceptors (Lipinski definition) is 21. The highest BCUT2D eigenvalue weighted by Gasteiger charge is 2.44. The number of H-pyrrole nitrogens is 1. The molecule has 26 nitrogen and oxygen atoms in total. The molecule has 12 rings (SSSR count). The van der Waals surface area contributed by atoms with Crippen molar-refractivity contribution >= 4 is 66.3 Å². The van der Waals surface area contributed by atoms with Gasteiger partial charge in [0.2, 0.25) is 16.0 Å². The number of aromatic nitrogens is 7. The largest absolute Gasteiger partial charge is 0.493 e. The van der Waals surface area contributed by atoms with E-state index >= 15 is 0 Å². The number of allylic oxidation sites excluding steroid dienone is 3. The van der Waals surface area contributed by atoms with Crippen LogP contribution in [0.2, 0.25) is 0 Å². The minimum Gasteiger partial charge on any atom is -0.493 e. The number of amides is 1. The Labute approximate surface area is 616 Å². The summed E-state index contributed by atoms with van der Waals surface area (Å²) in [5, 5.41) is 20.7. The van der Waals surface area contributed by atoms with Crippen LogP contribution in [-0.2, 0) is 59.2 Å². The number of anilines is 3. The number of aromatic amines is 1. The maximum Gasteiger partial charge on any atom is 0.311 e. The molecule has 3 saturated heterocycles. The molecule has 105 heavy (non-hydrogen) atoms. The summed E-state index contributed by atoms with van der Waals surface area (Å²) in [6.45, 7) is 24.0. The third kappa shape index (κ3) is 22.0. The Kier molecular flexibility index (Phi) is 27.7. The summed E-state index contributed by atoms with van der Waals surface area (Å²) in [6.07, 6.45) is 17.1. The fraction of sp³-hybridized carbons (Fsp3) is 0.494. The van der Waals surface area contributed by atoms with Gasteiger partial charge in [-0.25, -0.2) is 23.4 Å². The molecule has 2 aliphatic carbocycles. The maximum absolute atomic E-state index is 13.3.